The van der Waals surface area contributed by atoms with E-state index < -0.39 is 34.8 Å². The molecule has 25 heavy (non-hydrogen) atoms. The minimum Gasteiger partial charge on any atom is -0.480 e. The van der Waals surface area contributed by atoms with Crippen molar-refractivity contribution < 1.29 is 27.9 Å². The second kappa shape index (κ2) is 8.12. The van der Waals surface area contributed by atoms with Gasteiger partial charge in [0.1, 0.15) is 11.3 Å². The van der Waals surface area contributed by atoms with E-state index in [1.54, 1.807) is 26.8 Å². The molecule has 0 saturated heterocycles. The van der Waals surface area contributed by atoms with Crippen LogP contribution < -0.4 is 5.32 Å². The first kappa shape index (κ1) is 21.3. The topological polar surface area (TPSA) is 66.4 Å². The number of carbonyl (C=O) groups is 2. The zero-order valence-electron chi connectivity index (χ0n) is 14.5. The Bertz CT molecular complexity index is 626. The van der Waals surface area contributed by atoms with Crippen LogP contribution in [0, 0.1) is 5.41 Å². The van der Waals surface area contributed by atoms with Gasteiger partial charge in [0.05, 0.1) is 5.56 Å². The zero-order valence-corrected chi connectivity index (χ0v) is 15.3. The summed E-state index contributed by atoms with van der Waals surface area (Å²) in [6, 6.07) is 4.05. The monoisotopic (exact) mass is 377 g/mol. The number of hydrogen-bond donors (Lipinski definition) is 2. The molecule has 1 aromatic carbocycles. The number of carbonyl (C=O) groups excluding carboxylic acids is 1. The number of nitrogens with one attached hydrogen (secondary N) is 1. The largest absolute Gasteiger partial charge is 0.480 e. The van der Waals surface area contributed by atoms with Crippen molar-refractivity contribution in [2.45, 2.75) is 56.5 Å². The molecule has 4 nitrogen and oxygen atoms in total. The fraction of sp³-hybridized carbons (Fsp3) is 0.529. The second-order valence-electron chi connectivity index (χ2n) is 6.93. The third-order valence-electron chi connectivity index (χ3n) is 3.30. The summed E-state index contributed by atoms with van der Waals surface area (Å²) >= 11 is 0.913. The van der Waals surface area contributed by atoms with E-state index >= 15 is 0 Å². The van der Waals surface area contributed by atoms with Gasteiger partial charge in [0.2, 0.25) is 0 Å². The molecule has 0 aliphatic rings. The number of thioether (sulfide) groups is 1. The van der Waals surface area contributed by atoms with Crippen LogP contribution in [-0.4, -0.2) is 34.5 Å². The molecule has 1 aromatic rings. The molecule has 1 rings (SSSR count). The molecule has 2 unspecified atom stereocenters. The summed E-state index contributed by atoms with van der Waals surface area (Å²) in [5, 5.41) is 10.2. The Morgan fingerprint density at radius 1 is 1.20 bits per heavy atom. The van der Waals surface area contributed by atoms with E-state index in [-0.39, 0.29) is 12.0 Å². The standard InChI is InChI=1S/C17H22F3NO3S/c1-10(15(23)24)25-12-8-6-5-7-11(12)14(22)21-13(17(18,19)20)9-16(2,3)4/h5-8,10,13H,9H2,1-4H3,(H,21,22)(H,23,24). The Balaban J connectivity index is 3.04. The van der Waals surface area contributed by atoms with Crippen molar-refractivity contribution in [3.63, 3.8) is 0 Å². The van der Waals surface area contributed by atoms with Crippen LogP contribution in [0.4, 0.5) is 13.2 Å². The number of amides is 1. The molecule has 0 saturated carbocycles. The quantitative estimate of drug-likeness (QED) is 0.724. The lowest BCUT2D eigenvalue weighted by atomic mass is 9.87. The van der Waals surface area contributed by atoms with Crippen LogP contribution in [0.5, 0.6) is 0 Å². The van der Waals surface area contributed by atoms with Crippen LogP contribution in [0.1, 0.15) is 44.5 Å². The van der Waals surface area contributed by atoms with Crippen molar-refractivity contribution in [3.8, 4) is 0 Å². The van der Waals surface area contributed by atoms with Gasteiger partial charge in [-0.05, 0) is 30.9 Å². The summed E-state index contributed by atoms with van der Waals surface area (Å²) in [6.07, 6.45) is -4.83. The summed E-state index contributed by atoms with van der Waals surface area (Å²) in [4.78, 5) is 23.7. The Hall–Kier alpha value is -1.70. The fourth-order valence-corrected chi connectivity index (χ4v) is 3.02. The lowest BCUT2D eigenvalue weighted by molar-refractivity contribution is -0.159. The van der Waals surface area contributed by atoms with Gasteiger partial charge < -0.3 is 10.4 Å². The molecule has 0 aromatic heterocycles. The molecule has 8 heteroatoms. The van der Waals surface area contributed by atoms with E-state index in [9.17, 15) is 22.8 Å². The summed E-state index contributed by atoms with van der Waals surface area (Å²) in [7, 11) is 0. The van der Waals surface area contributed by atoms with Gasteiger partial charge in [-0.25, -0.2) is 0 Å². The number of halogens is 3. The predicted octanol–water partition coefficient (Wildman–Crippen LogP) is 4.35. The summed E-state index contributed by atoms with van der Waals surface area (Å²) in [5.74, 6) is -1.94. The van der Waals surface area contributed by atoms with Crippen molar-refractivity contribution >= 4 is 23.6 Å². The van der Waals surface area contributed by atoms with Gasteiger partial charge in [0, 0.05) is 4.90 Å². The van der Waals surface area contributed by atoms with Crippen molar-refractivity contribution in [2.24, 2.45) is 5.41 Å². The van der Waals surface area contributed by atoms with Crippen LogP contribution in [0.3, 0.4) is 0 Å². The van der Waals surface area contributed by atoms with Crippen LogP contribution >= 0.6 is 11.8 Å². The normalized spacial score (nSPS) is 14.7. The minimum absolute atomic E-state index is 0.0313. The maximum Gasteiger partial charge on any atom is 0.408 e. The molecule has 1 amide bonds. The molecule has 0 aliphatic heterocycles. The van der Waals surface area contributed by atoms with Gasteiger partial charge >= 0.3 is 12.1 Å². The Morgan fingerprint density at radius 3 is 2.24 bits per heavy atom. The molecule has 0 aliphatic carbocycles. The smallest absolute Gasteiger partial charge is 0.408 e. The highest BCUT2D eigenvalue weighted by atomic mass is 32.2. The Labute approximate surface area is 149 Å². The second-order valence-corrected chi connectivity index (χ2v) is 8.31. The van der Waals surface area contributed by atoms with Crippen molar-refractivity contribution in [3.05, 3.63) is 29.8 Å². The first-order valence-electron chi connectivity index (χ1n) is 7.67. The van der Waals surface area contributed by atoms with Crippen LogP contribution in [0.15, 0.2) is 29.2 Å². The molecule has 0 fully saturated rings. The number of benzene rings is 1. The number of hydrogen-bond acceptors (Lipinski definition) is 3. The van der Waals surface area contributed by atoms with Crippen molar-refractivity contribution in [1.82, 2.24) is 5.32 Å². The highest BCUT2D eigenvalue weighted by molar-refractivity contribution is 8.00. The van der Waals surface area contributed by atoms with E-state index in [4.69, 9.17) is 5.11 Å². The van der Waals surface area contributed by atoms with E-state index in [1.165, 1.54) is 25.1 Å². The molecular weight excluding hydrogens is 355 g/mol. The average molecular weight is 377 g/mol. The van der Waals surface area contributed by atoms with Crippen molar-refractivity contribution in [1.29, 1.82) is 0 Å². The molecule has 140 valence electrons. The highest BCUT2D eigenvalue weighted by Gasteiger charge is 2.42. The first-order chi connectivity index (χ1) is 11.3. The van der Waals surface area contributed by atoms with Gasteiger partial charge in [-0.15, -0.1) is 11.8 Å². The zero-order chi connectivity index (χ0) is 19.4. The van der Waals surface area contributed by atoms with Gasteiger partial charge in [-0.3, -0.25) is 9.59 Å². The van der Waals surface area contributed by atoms with E-state index in [1.807, 2.05) is 5.32 Å². The van der Waals surface area contributed by atoms with Crippen molar-refractivity contribution in [2.75, 3.05) is 0 Å². The molecular formula is C17H22F3NO3S. The van der Waals surface area contributed by atoms with E-state index in [0.717, 1.165) is 11.8 Å². The van der Waals surface area contributed by atoms with Gasteiger partial charge in [0.15, 0.2) is 0 Å². The highest BCUT2D eigenvalue weighted by Crippen LogP contribution is 2.32. The number of alkyl halides is 3. The lowest BCUT2D eigenvalue weighted by Crippen LogP contribution is -2.47. The molecule has 0 radical (unpaired) electrons. The summed E-state index contributed by atoms with van der Waals surface area (Å²) in [6.45, 7) is 6.43. The number of aliphatic carboxylic acids is 1. The van der Waals surface area contributed by atoms with Crippen LogP contribution in [-0.2, 0) is 4.79 Å². The summed E-state index contributed by atoms with van der Waals surface area (Å²) in [5.41, 5.74) is -0.594. The van der Waals surface area contributed by atoms with Gasteiger partial charge in [0.25, 0.3) is 5.91 Å². The number of carboxylic acid groups (broad SMARTS) is 1. The van der Waals surface area contributed by atoms with E-state index in [0.29, 0.717) is 4.90 Å². The Kier molecular flexibility index (Phi) is 6.93. The number of carboxylic acids is 1. The lowest BCUT2D eigenvalue weighted by Gasteiger charge is -2.28. The molecule has 0 heterocycles. The Morgan fingerprint density at radius 2 is 1.76 bits per heavy atom. The molecule has 2 atom stereocenters. The maximum absolute atomic E-state index is 13.2. The third kappa shape index (κ3) is 6.97. The molecule has 0 spiro atoms. The fourth-order valence-electron chi connectivity index (χ4n) is 2.09. The molecule has 2 N–H and O–H groups in total. The third-order valence-corrected chi connectivity index (χ3v) is 4.47. The number of rotatable bonds is 6. The average Bonchev–Trinajstić information content (AvgIpc) is 2.44. The van der Waals surface area contributed by atoms with Crippen LogP contribution in [0.25, 0.3) is 0 Å². The minimum atomic E-state index is -4.57. The van der Waals surface area contributed by atoms with Gasteiger partial charge in [-0.1, -0.05) is 32.9 Å². The van der Waals surface area contributed by atoms with E-state index in [2.05, 4.69) is 0 Å². The first-order valence-corrected chi connectivity index (χ1v) is 8.55. The van der Waals surface area contributed by atoms with Gasteiger partial charge in [-0.2, -0.15) is 13.2 Å². The molecule has 0 bridgehead atoms. The summed E-state index contributed by atoms with van der Waals surface area (Å²) < 4.78 is 39.7. The predicted molar refractivity (Wildman–Crippen MR) is 90.8 cm³/mol. The SMILES string of the molecule is CC(Sc1ccccc1C(=O)NC(CC(C)(C)C)C(F)(F)F)C(=O)O. The maximum atomic E-state index is 13.2. The van der Waals surface area contributed by atoms with Crippen LogP contribution in [0.2, 0.25) is 0 Å².